The molecule has 2 unspecified atom stereocenters. The summed E-state index contributed by atoms with van der Waals surface area (Å²) < 4.78 is 10.3. The number of carbonyl (C=O) groups excluding carboxylic acids is 2. The van der Waals surface area contributed by atoms with E-state index in [1.54, 1.807) is 27.9 Å². The Hall–Kier alpha value is -1.88. The second kappa shape index (κ2) is 7.22. The summed E-state index contributed by atoms with van der Waals surface area (Å²) in [6, 6.07) is 6.72. The monoisotopic (exact) mass is 293 g/mol. The fourth-order valence-electron chi connectivity index (χ4n) is 1.86. The quantitative estimate of drug-likeness (QED) is 0.491. The summed E-state index contributed by atoms with van der Waals surface area (Å²) in [6.07, 6.45) is 0.967. The van der Waals surface area contributed by atoms with E-state index in [0.29, 0.717) is 12.7 Å². The van der Waals surface area contributed by atoms with E-state index in [1.807, 2.05) is 24.3 Å². The highest BCUT2D eigenvalue weighted by atomic mass is 16.6. The number of carbonyl (C=O) groups is 2. The second-order valence-corrected chi connectivity index (χ2v) is 5.91. The van der Waals surface area contributed by atoms with Crippen LogP contribution in [0.2, 0.25) is 0 Å². The summed E-state index contributed by atoms with van der Waals surface area (Å²) >= 11 is 0. The summed E-state index contributed by atoms with van der Waals surface area (Å²) in [4.78, 5) is 23.1. The summed E-state index contributed by atoms with van der Waals surface area (Å²) in [5.74, 6) is -0.809. The molecule has 0 aliphatic heterocycles. The van der Waals surface area contributed by atoms with Crippen molar-refractivity contribution in [1.82, 2.24) is 0 Å². The lowest BCUT2D eigenvalue weighted by Gasteiger charge is -2.24. The Morgan fingerprint density at radius 3 is 2.29 bits per heavy atom. The van der Waals surface area contributed by atoms with Gasteiger partial charge in [-0.3, -0.25) is 4.79 Å². The molecule has 2 N–H and O–H groups in total. The molecule has 0 spiro atoms. The van der Waals surface area contributed by atoms with Gasteiger partial charge in [-0.05, 0) is 44.9 Å². The van der Waals surface area contributed by atoms with Gasteiger partial charge in [0.1, 0.15) is 23.6 Å². The van der Waals surface area contributed by atoms with Gasteiger partial charge in [0.05, 0.1) is 7.11 Å². The lowest BCUT2D eigenvalue weighted by molar-refractivity contribution is -0.161. The Morgan fingerprint density at radius 2 is 1.86 bits per heavy atom. The Balaban J connectivity index is 2.72. The lowest BCUT2D eigenvalue weighted by atomic mass is 9.95. The molecule has 0 radical (unpaired) electrons. The number of aldehydes is 1. The minimum atomic E-state index is -0.966. The summed E-state index contributed by atoms with van der Waals surface area (Å²) in [6.45, 7) is 5.26. The van der Waals surface area contributed by atoms with Gasteiger partial charge in [-0.1, -0.05) is 12.1 Å². The Bertz CT molecular complexity index is 476. The molecule has 5 heteroatoms. The molecule has 0 heterocycles. The van der Waals surface area contributed by atoms with Gasteiger partial charge in [0, 0.05) is 6.04 Å². The maximum absolute atomic E-state index is 12.0. The molecule has 1 aromatic rings. The molecule has 0 amide bonds. The van der Waals surface area contributed by atoms with Crippen molar-refractivity contribution < 1.29 is 19.1 Å². The molecule has 0 aliphatic rings. The van der Waals surface area contributed by atoms with Crippen molar-refractivity contribution in [2.24, 2.45) is 11.7 Å². The van der Waals surface area contributed by atoms with Gasteiger partial charge in [-0.2, -0.15) is 0 Å². The molecule has 0 aliphatic carbocycles. The van der Waals surface area contributed by atoms with Crippen LogP contribution >= 0.6 is 0 Å². The van der Waals surface area contributed by atoms with Crippen LogP contribution < -0.4 is 10.5 Å². The maximum Gasteiger partial charge on any atom is 0.318 e. The summed E-state index contributed by atoms with van der Waals surface area (Å²) in [5.41, 5.74) is 6.28. The third kappa shape index (κ3) is 5.55. The van der Waals surface area contributed by atoms with Gasteiger partial charge in [0.2, 0.25) is 0 Å². The molecule has 0 saturated heterocycles. The van der Waals surface area contributed by atoms with Crippen molar-refractivity contribution in [1.29, 1.82) is 0 Å². The summed E-state index contributed by atoms with van der Waals surface area (Å²) in [5, 5.41) is 0. The van der Waals surface area contributed by atoms with Gasteiger partial charge in [0.25, 0.3) is 0 Å². The Labute approximate surface area is 125 Å². The highest BCUT2D eigenvalue weighted by Gasteiger charge is 2.30. The summed E-state index contributed by atoms with van der Waals surface area (Å²) in [7, 11) is 1.59. The number of hydrogen-bond donors (Lipinski definition) is 1. The van der Waals surface area contributed by atoms with Crippen LogP contribution in [0.1, 0.15) is 26.3 Å². The Kier molecular flexibility index (Phi) is 5.90. The van der Waals surface area contributed by atoms with Crippen LogP contribution in [0.4, 0.5) is 0 Å². The number of esters is 1. The number of hydrogen-bond acceptors (Lipinski definition) is 5. The Morgan fingerprint density at radius 1 is 1.29 bits per heavy atom. The van der Waals surface area contributed by atoms with Crippen LogP contribution in [-0.2, 0) is 20.7 Å². The molecule has 0 bridgehead atoms. The number of ether oxygens (including phenoxy) is 2. The first-order valence-electron chi connectivity index (χ1n) is 6.83. The second-order valence-electron chi connectivity index (χ2n) is 5.91. The predicted molar refractivity (Wildman–Crippen MR) is 80.1 cm³/mol. The van der Waals surface area contributed by atoms with Crippen molar-refractivity contribution in [3.63, 3.8) is 0 Å². The highest BCUT2D eigenvalue weighted by molar-refractivity contribution is 5.88. The zero-order valence-electron chi connectivity index (χ0n) is 13.0. The van der Waals surface area contributed by atoms with E-state index in [1.165, 1.54) is 0 Å². The van der Waals surface area contributed by atoms with Crippen molar-refractivity contribution in [3.8, 4) is 5.75 Å². The molecular formula is C16H23NO4. The first kappa shape index (κ1) is 17.2. The van der Waals surface area contributed by atoms with E-state index in [-0.39, 0.29) is 0 Å². The van der Waals surface area contributed by atoms with E-state index in [0.717, 1.165) is 11.3 Å². The van der Waals surface area contributed by atoms with Gasteiger partial charge in [0.15, 0.2) is 0 Å². The zero-order chi connectivity index (χ0) is 16.0. The van der Waals surface area contributed by atoms with Gasteiger partial charge in [-0.25, -0.2) is 0 Å². The molecule has 5 nitrogen and oxygen atoms in total. The predicted octanol–water partition coefficient (Wildman–Crippen LogP) is 1.72. The van der Waals surface area contributed by atoms with Gasteiger partial charge < -0.3 is 20.0 Å². The van der Waals surface area contributed by atoms with Crippen molar-refractivity contribution in [2.75, 3.05) is 7.11 Å². The van der Waals surface area contributed by atoms with Crippen LogP contribution in [0.3, 0.4) is 0 Å². The average Bonchev–Trinajstić information content (AvgIpc) is 2.38. The van der Waals surface area contributed by atoms with Crippen LogP contribution in [-0.4, -0.2) is 31.0 Å². The first-order chi connectivity index (χ1) is 9.76. The molecule has 21 heavy (non-hydrogen) atoms. The smallest absolute Gasteiger partial charge is 0.318 e. The third-order valence-electron chi connectivity index (χ3n) is 2.92. The number of methoxy groups -OCH3 is 1. The highest BCUT2D eigenvalue weighted by Crippen LogP contribution is 2.16. The van der Waals surface area contributed by atoms with E-state index in [9.17, 15) is 9.59 Å². The van der Waals surface area contributed by atoms with Crippen LogP contribution in [0.5, 0.6) is 5.75 Å². The number of benzene rings is 1. The fourth-order valence-corrected chi connectivity index (χ4v) is 1.86. The molecule has 116 valence electrons. The van der Waals surface area contributed by atoms with Crippen LogP contribution in [0.15, 0.2) is 24.3 Å². The molecule has 1 rings (SSSR count). The number of rotatable bonds is 6. The molecule has 0 aromatic heterocycles. The van der Waals surface area contributed by atoms with Crippen molar-refractivity contribution in [2.45, 2.75) is 38.8 Å². The zero-order valence-corrected chi connectivity index (χ0v) is 13.0. The standard InChI is InChI=1S/C16H23NO4/c1-16(2,3)21-15(19)13(10-18)14(17)9-11-5-7-12(20-4)8-6-11/h5-8,10,13-14H,9,17H2,1-4H3. The lowest BCUT2D eigenvalue weighted by Crippen LogP contribution is -2.41. The third-order valence-corrected chi connectivity index (χ3v) is 2.92. The van der Waals surface area contributed by atoms with Crippen molar-refractivity contribution >= 4 is 12.3 Å². The van der Waals surface area contributed by atoms with Crippen LogP contribution in [0.25, 0.3) is 0 Å². The first-order valence-corrected chi connectivity index (χ1v) is 6.83. The van der Waals surface area contributed by atoms with Gasteiger partial charge in [-0.15, -0.1) is 0 Å². The van der Waals surface area contributed by atoms with Crippen molar-refractivity contribution in [3.05, 3.63) is 29.8 Å². The largest absolute Gasteiger partial charge is 0.497 e. The van der Waals surface area contributed by atoms with E-state index < -0.39 is 23.5 Å². The molecule has 0 fully saturated rings. The minimum Gasteiger partial charge on any atom is -0.497 e. The maximum atomic E-state index is 12.0. The fraction of sp³-hybridized carbons (Fsp3) is 0.500. The molecule has 0 saturated carbocycles. The van der Waals surface area contributed by atoms with Crippen LogP contribution in [0, 0.1) is 5.92 Å². The average molecular weight is 293 g/mol. The SMILES string of the molecule is COc1ccc(CC(N)C(C=O)C(=O)OC(C)(C)C)cc1. The molecule has 2 atom stereocenters. The van der Waals surface area contributed by atoms with E-state index in [2.05, 4.69) is 0 Å². The molecular weight excluding hydrogens is 270 g/mol. The van der Waals surface area contributed by atoms with E-state index in [4.69, 9.17) is 15.2 Å². The normalized spacial score (nSPS) is 14.1. The van der Waals surface area contributed by atoms with Gasteiger partial charge >= 0.3 is 5.97 Å². The topological polar surface area (TPSA) is 78.6 Å². The minimum absolute atomic E-state index is 0.409. The molecule has 1 aromatic carbocycles. The van der Waals surface area contributed by atoms with E-state index >= 15 is 0 Å². The number of nitrogens with two attached hydrogens (primary N) is 1.